The molecule has 5 rings (SSSR count). The molecule has 2 aromatic carbocycles. The molecule has 2 aliphatic heterocycles. The van der Waals surface area contributed by atoms with Gasteiger partial charge in [0.05, 0.1) is 4.91 Å². The molecule has 3 aromatic rings. The molecule has 7 heteroatoms. The van der Waals surface area contributed by atoms with Crippen LogP contribution in [0.25, 0.3) is 22.9 Å². The fourth-order valence-corrected chi connectivity index (χ4v) is 5.75. The van der Waals surface area contributed by atoms with E-state index in [0.29, 0.717) is 18.0 Å². The average molecular weight is 500 g/mol. The van der Waals surface area contributed by atoms with Crippen LogP contribution in [0.15, 0.2) is 65.6 Å². The number of hydrogen-bond donors (Lipinski definition) is 0. The third kappa shape index (κ3) is 4.75. The SMILES string of the molecule is Cc1cc(/C=C2/SC(=O)N(CC(=O)N3CCCCC3)C2=O)c(C)n1-c1ccc(-c2ccccc2)cc1. The maximum absolute atomic E-state index is 13.0. The van der Waals surface area contributed by atoms with Gasteiger partial charge >= 0.3 is 0 Å². The monoisotopic (exact) mass is 499 g/mol. The lowest BCUT2D eigenvalue weighted by molar-refractivity contribution is -0.136. The Morgan fingerprint density at radius 3 is 2.28 bits per heavy atom. The number of aromatic nitrogens is 1. The number of aryl methyl sites for hydroxylation is 1. The molecule has 6 nitrogen and oxygen atoms in total. The molecule has 0 saturated carbocycles. The summed E-state index contributed by atoms with van der Waals surface area (Å²) in [4.78, 5) is 41.4. The van der Waals surface area contributed by atoms with Crippen molar-refractivity contribution in [1.82, 2.24) is 14.4 Å². The van der Waals surface area contributed by atoms with Crippen LogP contribution in [-0.4, -0.2) is 51.1 Å². The Morgan fingerprint density at radius 1 is 0.917 bits per heavy atom. The van der Waals surface area contributed by atoms with Gasteiger partial charge in [-0.3, -0.25) is 19.3 Å². The topological polar surface area (TPSA) is 62.6 Å². The molecular formula is C29H29N3O3S. The van der Waals surface area contributed by atoms with Gasteiger partial charge in [-0.1, -0.05) is 42.5 Å². The van der Waals surface area contributed by atoms with E-state index in [1.807, 2.05) is 38.1 Å². The molecule has 0 unspecified atom stereocenters. The standard InChI is InChI=1S/C29H29N3O3S/c1-20-17-24(21(2)32(20)25-13-11-23(12-14-25)22-9-5-3-6-10-22)18-26-28(34)31(29(35)36-26)19-27(33)30-15-7-4-8-16-30/h3,5-6,9-14,17-18H,4,7-8,15-16,19H2,1-2H3/b26-18+. The van der Waals surface area contributed by atoms with Crippen molar-refractivity contribution in [2.24, 2.45) is 0 Å². The molecule has 0 aliphatic carbocycles. The smallest absolute Gasteiger partial charge is 0.294 e. The van der Waals surface area contributed by atoms with Crippen LogP contribution in [0.3, 0.4) is 0 Å². The van der Waals surface area contributed by atoms with Gasteiger partial charge in [0, 0.05) is 30.2 Å². The number of piperidine rings is 1. The first-order chi connectivity index (χ1) is 17.4. The van der Waals surface area contributed by atoms with Gasteiger partial charge < -0.3 is 9.47 Å². The van der Waals surface area contributed by atoms with Crippen molar-refractivity contribution >= 4 is 34.9 Å². The highest BCUT2D eigenvalue weighted by Gasteiger charge is 2.37. The molecule has 36 heavy (non-hydrogen) atoms. The number of carbonyl (C=O) groups is 3. The lowest BCUT2D eigenvalue weighted by Crippen LogP contribution is -2.44. The molecule has 0 spiro atoms. The minimum atomic E-state index is -0.396. The molecule has 1 aromatic heterocycles. The van der Waals surface area contributed by atoms with E-state index in [2.05, 4.69) is 41.0 Å². The molecular weight excluding hydrogens is 470 g/mol. The van der Waals surface area contributed by atoms with Gasteiger partial charge in [-0.25, -0.2) is 0 Å². The van der Waals surface area contributed by atoms with E-state index >= 15 is 0 Å². The Kier molecular flexibility index (Phi) is 6.83. The highest BCUT2D eigenvalue weighted by molar-refractivity contribution is 8.18. The van der Waals surface area contributed by atoms with Gasteiger partial charge in [0.1, 0.15) is 6.54 Å². The highest BCUT2D eigenvalue weighted by atomic mass is 32.2. The fourth-order valence-electron chi connectivity index (χ4n) is 4.92. The summed E-state index contributed by atoms with van der Waals surface area (Å²) in [7, 11) is 0. The Hall–Kier alpha value is -3.58. The third-order valence-electron chi connectivity index (χ3n) is 6.87. The Labute approximate surface area is 215 Å². The summed E-state index contributed by atoms with van der Waals surface area (Å²) < 4.78 is 2.14. The average Bonchev–Trinajstić information content (AvgIpc) is 3.33. The molecule has 2 aliphatic rings. The maximum Gasteiger partial charge on any atom is 0.294 e. The van der Waals surface area contributed by atoms with Crippen LogP contribution in [0.2, 0.25) is 0 Å². The van der Waals surface area contributed by atoms with E-state index in [0.717, 1.165) is 64.1 Å². The maximum atomic E-state index is 13.0. The molecule has 2 saturated heterocycles. The summed E-state index contributed by atoms with van der Waals surface area (Å²) in [5.41, 5.74) is 6.24. The second-order valence-corrected chi connectivity index (χ2v) is 10.3. The van der Waals surface area contributed by atoms with Crippen LogP contribution in [0.5, 0.6) is 0 Å². The van der Waals surface area contributed by atoms with E-state index in [1.165, 1.54) is 5.56 Å². The summed E-state index contributed by atoms with van der Waals surface area (Å²) in [6, 6.07) is 20.7. The van der Waals surface area contributed by atoms with Crippen molar-refractivity contribution < 1.29 is 14.4 Å². The van der Waals surface area contributed by atoms with E-state index in [9.17, 15) is 14.4 Å². The minimum Gasteiger partial charge on any atom is -0.341 e. The zero-order valence-corrected chi connectivity index (χ0v) is 21.4. The Morgan fingerprint density at radius 2 is 1.58 bits per heavy atom. The van der Waals surface area contributed by atoms with E-state index in [-0.39, 0.29) is 17.7 Å². The zero-order valence-electron chi connectivity index (χ0n) is 20.6. The lowest BCUT2D eigenvalue weighted by atomic mass is 10.1. The van der Waals surface area contributed by atoms with Crippen molar-refractivity contribution in [3.63, 3.8) is 0 Å². The largest absolute Gasteiger partial charge is 0.341 e. The van der Waals surface area contributed by atoms with Crippen LogP contribution in [0.1, 0.15) is 36.2 Å². The molecule has 0 atom stereocenters. The molecule has 2 fully saturated rings. The fraction of sp³-hybridized carbons (Fsp3) is 0.276. The summed E-state index contributed by atoms with van der Waals surface area (Å²) in [5, 5.41) is -0.387. The van der Waals surface area contributed by atoms with Crippen molar-refractivity contribution in [2.45, 2.75) is 33.1 Å². The van der Waals surface area contributed by atoms with Gasteiger partial charge in [0.2, 0.25) is 5.91 Å². The van der Waals surface area contributed by atoms with Crippen LogP contribution in [0, 0.1) is 13.8 Å². The lowest BCUT2D eigenvalue weighted by Gasteiger charge is -2.27. The second-order valence-electron chi connectivity index (χ2n) is 9.28. The molecule has 3 heterocycles. The summed E-state index contributed by atoms with van der Waals surface area (Å²) >= 11 is 0.903. The minimum absolute atomic E-state index is 0.157. The number of benzene rings is 2. The molecule has 0 N–H and O–H groups in total. The zero-order chi connectivity index (χ0) is 25.2. The second kappa shape index (κ2) is 10.2. The number of carbonyl (C=O) groups excluding carboxylic acids is 3. The van der Waals surface area contributed by atoms with Crippen molar-refractivity contribution in [3.05, 3.63) is 82.5 Å². The predicted octanol–water partition coefficient (Wildman–Crippen LogP) is 5.81. The van der Waals surface area contributed by atoms with Crippen LogP contribution < -0.4 is 0 Å². The number of nitrogens with zero attached hydrogens (tertiary/aromatic N) is 3. The number of hydrogen-bond acceptors (Lipinski definition) is 4. The van der Waals surface area contributed by atoms with Crippen molar-refractivity contribution in [2.75, 3.05) is 19.6 Å². The molecule has 0 radical (unpaired) electrons. The third-order valence-corrected chi connectivity index (χ3v) is 7.77. The number of amides is 3. The van der Waals surface area contributed by atoms with Crippen LogP contribution in [0.4, 0.5) is 4.79 Å². The van der Waals surface area contributed by atoms with Crippen molar-refractivity contribution in [1.29, 1.82) is 0 Å². The number of likely N-dealkylation sites (tertiary alicyclic amines) is 1. The van der Waals surface area contributed by atoms with Gasteiger partial charge in [0.25, 0.3) is 11.1 Å². The Bertz CT molecular complexity index is 1340. The first-order valence-electron chi connectivity index (χ1n) is 12.3. The number of rotatable bonds is 5. The normalized spacial score (nSPS) is 17.3. The number of imide groups is 1. The van der Waals surface area contributed by atoms with Crippen LogP contribution >= 0.6 is 11.8 Å². The van der Waals surface area contributed by atoms with E-state index in [4.69, 9.17) is 0 Å². The predicted molar refractivity (Wildman–Crippen MR) is 144 cm³/mol. The van der Waals surface area contributed by atoms with Gasteiger partial charge in [-0.15, -0.1) is 0 Å². The number of thioether (sulfide) groups is 1. The van der Waals surface area contributed by atoms with E-state index < -0.39 is 5.91 Å². The van der Waals surface area contributed by atoms with Crippen LogP contribution in [-0.2, 0) is 9.59 Å². The first-order valence-corrected chi connectivity index (χ1v) is 13.1. The summed E-state index contributed by atoms with van der Waals surface area (Å²) in [5.74, 6) is -0.553. The molecule has 184 valence electrons. The van der Waals surface area contributed by atoms with Gasteiger partial charge in [0.15, 0.2) is 0 Å². The summed E-state index contributed by atoms with van der Waals surface area (Å²) in [6.45, 7) is 5.24. The quantitative estimate of drug-likeness (QED) is 0.416. The molecule has 3 amide bonds. The summed E-state index contributed by atoms with van der Waals surface area (Å²) in [6.07, 6.45) is 4.83. The first kappa shape index (κ1) is 24.1. The van der Waals surface area contributed by atoms with Gasteiger partial charge in [-0.2, -0.15) is 0 Å². The van der Waals surface area contributed by atoms with E-state index in [1.54, 1.807) is 11.0 Å². The Balaban J connectivity index is 1.35. The van der Waals surface area contributed by atoms with Crippen molar-refractivity contribution in [3.8, 4) is 16.8 Å². The van der Waals surface area contributed by atoms with Gasteiger partial charge in [-0.05, 0) is 85.8 Å². The highest BCUT2D eigenvalue weighted by Crippen LogP contribution is 2.34. The molecule has 0 bridgehead atoms.